The third kappa shape index (κ3) is 4.68. The van der Waals surface area contributed by atoms with Crippen molar-refractivity contribution in [2.45, 2.75) is 93.8 Å². The molecule has 3 saturated heterocycles. The number of nitrogens with zero attached hydrogens (tertiary/aromatic N) is 2. The van der Waals surface area contributed by atoms with Crippen LogP contribution in [0.3, 0.4) is 0 Å². The average Bonchev–Trinajstić information content (AvgIpc) is 3.38. The molecule has 2 unspecified atom stereocenters. The van der Waals surface area contributed by atoms with Crippen LogP contribution in [0.2, 0.25) is 0 Å². The van der Waals surface area contributed by atoms with Crippen molar-refractivity contribution in [3.05, 3.63) is 25.3 Å². The molecule has 1 spiro atoms. The normalized spacial score (nSPS) is 32.0. The number of aliphatic hydroxyl groups excluding tert-OH is 1. The number of carbonyl (C=O) groups is 3. The Hall–Kier alpha value is -1.80. The summed E-state index contributed by atoms with van der Waals surface area (Å²) in [5, 5.41) is 10.2. The number of unbranched alkanes of at least 4 members (excludes halogenated alkanes) is 2. The Bertz CT molecular complexity index is 843. The number of hydrogen-bond donors (Lipinski definition) is 1. The molecule has 0 aromatic rings. The van der Waals surface area contributed by atoms with Crippen molar-refractivity contribution in [2.75, 3.05) is 19.8 Å². The van der Waals surface area contributed by atoms with Crippen molar-refractivity contribution >= 4 is 29.5 Å². The molecular formula is C27H42N2O5S. The van der Waals surface area contributed by atoms with E-state index in [1.165, 1.54) is 0 Å². The maximum atomic E-state index is 14.1. The maximum Gasteiger partial charge on any atom is 0.311 e. The van der Waals surface area contributed by atoms with Crippen LogP contribution in [0.1, 0.15) is 66.2 Å². The molecular weight excluding hydrogens is 464 g/mol. The fourth-order valence-electron chi connectivity index (χ4n) is 6.31. The number of esters is 1. The summed E-state index contributed by atoms with van der Waals surface area (Å²) in [4.78, 5) is 45.0. The lowest BCUT2D eigenvalue weighted by molar-refractivity contribution is -0.156. The lowest BCUT2D eigenvalue weighted by atomic mass is 9.66. The van der Waals surface area contributed by atoms with Crippen LogP contribution in [0.4, 0.5) is 0 Å². The molecule has 3 heterocycles. The third-order valence-electron chi connectivity index (χ3n) is 8.06. The summed E-state index contributed by atoms with van der Waals surface area (Å²) >= 11 is 1.63. The number of aliphatic hydroxyl groups is 1. The highest BCUT2D eigenvalue weighted by atomic mass is 32.2. The SMILES string of the molecule is C=CCCCCOC(=O)[C@@H]1[C@H]2C(=O)N([C@@H](CC)CO)C(C(=O)N(CC=C)C(C)C)C23CC[C@@]1(C)S3. The Morgan fingerprint density at radius 2 is 2.00 bits per heavy atom. The van der Waals surface area contributed by atoms with Crippen LogP contribution in [-0.4, -0.2) is 80.1 Å². The fraction of sp³-hybridized carbons (Fsp3) is 0.741. The van der Waals surface area contributed by atoms with Crippen molar-refractivity contribution in [3.8, 4) is 0 Å². The van der Waals surface area contributed by atoms with Crippen LogP contribution in [0.25, 0.3) is 0 Å². The van der Waals surface area contributed by atoms with E-state index in [0.29, 0.717) is 26.0 Å². The van der Waals surface area contributed by atoms with Crippen molar-refractivity contribution < 1.29 is 24.2 Å². The van der Waals surface area contributed by atoms with Gasteiger partial charge in [-0.1, -0.05) is 19.1 Å². The minimum absolute atomic E-state index is 0.0716. The molecule has 0 radical (unpaired) electrons. The standard InChI is InChI=1S/C27H42N2O5S/c1-7-10-11-12-16-34-25(33)21-20-23(31)29(19(9-3)17-30)22(24(32)28(15-8-2)18(4)5)27(20)14-13-26(21,6)35-27/h7-8,18-22,30H,1-2,9-17H2,3-6H3/t19-,20-,21-,22?,26+,27?/m0/s1. The molecule has 3 rings (SSSR count). The molecule has 0 aliphatic carbocycles. The van der Waals surface area contributed by atoms with E-state index in [4.69, 9.17) is 4.74 Å². The van der Waals surface area contributed by atoms with E-state index in [1.54, 1.807) is 27.6 Å². The zero-order valence-corrected chi connectivity index (χ0v) is 22.5. The Morgan fingerprint density at radius 3 is 2.57 bits per heavy atom. The summed E-state index contributed by atoms with van der Waals surface area (Å²) < 4.78 is 4.54. The van der Waals surface area contributed by atoms with Gasteiger partial charge in [0.1, 0.15) is 6.04 Å². The summed E-state index contributed by atoms with van der Waals surface area (Å²) in [7, 11) is 0. The lowest BCUT2D eigenvalue weighted by Gasteiger charge is -2.40. The van der Waals surface area contributed by atoms with Gasteiger partial charge in [0, 0.05) is 17.3 Å². The van der Waals surface area contributed by atoms with Gasteiger partial charge < -0.3 is 19.6 Å². The van der Waals surface area contributed by atoms with Crippen LogP contribution >= 0.6 is 11.8 Å². The predicted molar refractivity (Wildman–Crippen MR) is 139 cm³/mol. The summed E-state index contributed by atoms with van der Waals surface area (Å²) in [6.45, 7) is 15.9. The number of fused-ring (bicyclic) bond motifs is 1. The van der Waals surface area contributed by atoms with Gasteiger partial charge in [0.2, 0.25) is 11.8 Å². The Morgan fingerprint density at radius 1 is 1.29 bits per heavy atom. The zero-order chi connectivity index (χ0) is 26.0. The van der Waals surface area contributed by atoms with Gasteiger partial charge in [-0.25, -0.2) is 0 Å². The van der Waals surface area contributed by atoms with Gasteiger partial charge in [-0.05, 0) is 59.3 Å². The molecule has 7 nitrogen and oxygen atoms in total. The second-order valence-corrected chi connectivity index (χ2v) is 12.4. The topological polar surface area (TPSA) is 87.1 Å². The number of hydrogen-bond acceptors (Lipinski definition) is 6. The molecule has 35 heavy (non-hydrogen) atoms. The molecule has 2 amide bonds. The first-order valence-electron chi connectivity index (χ1n) is 13.0. The average molecular weight is 507 g/mol. The van der Waals surface area contributed by atoms with E-state index in [-0.39, 0.29) is 30.4 Å². The highest BCUT2D eigenvalue weighted by Crippen LogP contribution is 2.71. The van der Waals surface area contributed by atoms with Crippen molar-refractivity contribution in [1.29, 1.82) is 0 Å². The van der Waals surface area contributed by atoms with Crippen molar-refractivity contribution in [2.24, 2.45) is 11.8 Å². The van der Waals surface area contributed by atoms with E-state index in [0.717, 1.165) is 25.7 Å². The zero-order valence-electron chi connectivity index (χ0n) is 21.7. The molecule has 2 bridgehead atoms. The maximum absolute atomic E-state index is 14.1. The number of allylic oxidation sites excluding steroid dienone is 1. The largest absolute Gasteiger partial charge is 0.465 e. The number of thioether (sulfide) groups is 1. The minimum Gasteiger partial charge on any atom is -0.465 e. The second-order valence-electron chi connectivity index (χ2n) is 10.5. The number of carbonyl (C=O) groups excluding carboxylic acids is 3. The van der Waals surface area contributed by atoms with E-state index in [2.05, 4.69) is 13.2 Å². The van der Waals surface area contributed by atoms with Crippen LogP contribution in [0.15, 0.2) is 25.3 Å². The molecule has 3 aliphatic rings. The van der Waals surface area contributed by atoms with Gasteiger partial charge >= 0.3 is 5.97 Å². The number of rotatable bonds is 13. The van der Waals surface area contributed by atoms with Crippen LogP contribution in [0, 0.1) is 11.8 Å². The quantitative estimate of drug-likeness (QED) is 0.234. The first kappa shape index (κ1) is 27.8. The first-order valence-corrected chi connectivity index (χ1v) is 13.8. The highest BCUT2D eigenvalue weighted by molar-refractivity contribution is 8.02. The molecule has 196 valence electrons. The van der Waals surface area contributed by atoms with Crippen LogP contribution in [-0.2, 0) is 19.1 Å². The monoisotopic (exact) mass is 506 g/mol. The van der Waals surface area contributed by atoms with Gasteiger partial charge in [0.15, 0.2) is 0 Å². The van der Waals surface area contributed by atoms with Crippen molar-refractivity contribution in [3.63, 3.8) is 0 Å². The first-order chi connectivity index (χ1) is 16.6. The highest BCUT2D eigenvalue weighted by Gasteiger charge is 2.78. The summed E-state index contributed by atoms with van der Waals surface area (Å²) in [5.41, 5.74) is 0. The van der Waals surface area contributed by atoms with Gasteiger partial charge in [0.25, 0.3) is 0 Å². The number of amides is 2. The Balaban J connectivity index is 1.99. The molecule has 6 atom stereocenters. The fourth-order valence-corrected chi connectivity index (χ4v) is 8.64. The summed E-state index contributed by atoms with van der Waals surface area (Å²) in [6, 6.07) is -1.27. The summed E-state index contributed by atoms with van der Waals surface area (Å²) in [6.07, 6.45) is 8.01. The van der Waals surface area contributed by atoms with Crippen LogP contribution < -0.4 is 0 Å². The Labute approximate surface area is 214 Å². The minimum atomic E-state index is -0.725. The lowest BCUT2D eigenvalue weighted by Crippen LogP contribution is -2.58. The van der Waals surface area contributed by atoms with E-state index >= 15 is 0 Å². The van der Waals surface area contributed by atoms with Crippen LogP contribution in [0.5, 0.6) is 0 Å². The molecule has 0 aromatic carbocycles. The van der Waals surface area contributed by atoms with Gasteiger partial charge in [0.05, 0.1) is 35.8 Å². The van der Waals surface area contributed by atoms with Crippen molar-refractivity contribution in [1.82, 2.24) is 9.80 Å². The molecule has 3 fully saturated rings. The molecule has 8 heteroatoms. The van der Waals surface area contributed by atoms with Gasteiger partial charge in [-0.15, -0.1) is 24.9 Å². The third-order valence-corrected chi connectivity index (χ3v) is 10.0. The second kappa shape index (κ2) is 11.1. The smallest absolute Gasteiger partial charge is 0.311 e. The number of likely N-dealkylation sites (tertiary alicyclic amines) is 1. The predicted octanol–water partition coefficient (Wildman–Crippen LogP) is 3.56. The molecule has 0 saturated carbocycles. The van der Waals surface area contributed by atoms with E-state index in [9.17, 15) is 19.5 Å². The van der Waals surface area contributed by atoms with Gasteiger partial charge in [-0.2, -0.15) is 0 Å². The van der Waals surface area contributed by atoms with E-state index < -0.39 is 33.4 Å². The molecule has 3 aliphatic heterocycles. The molecule has 0 aromatic heterocycles. The number of ether oxygens (including phenoxy) is 1. The molecule has 1 N–H and O–H groups in total. The Kier molecular flexibility index (Phi) is 8.79. The summed E-state index contributed by atoms with van der Waals surface area (Å²) in [5.74, 6) is -1.89. The van der Waals surface area contributed by atoms with Gasteiger partial charge in [-0.3, -0.25) is 14.4 Å². The van der Waals surface area contributed by atoms with E-state index in [1.807, 2.05) is 33.8 Å².